The molecule has 14 rings (SSSR count). The summed E-state index contributed by atoms with van der Waals surface area (Å²) in [7, 11) is 0. The predicted octanol–water partition coefficient (Wildman–Crippen LogP) is 15.7. The molecule has 10 aromatic carbocycles. The maximum atomic E-state index is 5.15. The van der Waals surface area contributed by atoms with Gasteiger partial charge in [-0.05, 0) is 116 Å². The Labute approximate surface area is 357 Å². The number of pyridine rings is 1. The minimum atomic E-state index is 1.01. The van der Waals surface area contributed by atoms with Crippen LogP contribution in [-0.2, 0) is 0 Å². The van der Waals surface area contributed by atoms with Crippen molar-refractivity contribution in [2.75, 3.05) is 0 Å². The second kappa shape index (κ2) is 12.6. The molecule has 0 bridgehead atoms. The molecule has 0 atom stereocenters. The highest BCUT2D eigenvalue weighted by Crippen LogP contribution is 2.49. The summed E-state index contributed by atoms with van der Waals surface area (Å²) in [5, 5.41) is 12.5. The van der Waals surface area contributed by atoms with E-state index in [1.54, 1.807) is 0 Å². The lowest BCUT2D eigenvalue weighted by Gasteiger charge is -2.13. The lowest BCUT2D eigenvalue weighted by atomic mass is 9.96. The normalized spacial score (nSPS) is 12.2. The number of rotatable bonds is 4. The Bertz CT molecular complexity index is 4010. The van der Waals surface area contributed by atoms with Crippen LogP contribution >= 0.6 is 0 Å². The Morgan fingerprint density at radius 3 is 1.81 bits per heavy atom. The Hall–Kier alpha value is -8.27. The van der Waals surface area contributed by atoms with Gasteiger partial charge in [0.05, 0.1) is 27.8 Å². The SMILES string of the molecule is c1ccc(-n2c3ccccc3c3c4ccc(-c5ccc6cc7c(cc6c5)c5ccccc5n7-c5cccc(-c6ncc7c8c(cccc68)-c6ccccc6-7)c5)cc4ccc32)cc1. The van der Waals surface area contributed by atoms with Crippen molar-refractivity contribution in [3.8, 4) is 56.0 Å². The molecule has 286 valence electrons. The van der Waals surface area contributed by atoms with Gasteiger partial charge in [0.25, 0.3) is 0 Å². The standard InChI is InChI=1S/C59H35N3/c1-2-13-42(14-3-1)61-54-23-9-7-19-49(54)58-44-28-26-37(30-39(44)27-29-55(58)61)36-24-25-38-34-56-51(33-41(38)31-36)47-18-6-8-22-53(47)62(56)43-15-10-12-40(32-43)59-50-21-11-20-48-45-16-4-5-17-46(45)52(35-60-59)57(48)50/h1-35H. The van der Waals surface area contributed by atoms with E-state index in [0.717, 1.165) is 16.9 Å². The number of nitrogens with zero attached hydrogens (tertiary/aromatic N) is 3. The summed E-state index contributed by atoms with van der Waals surface area (Å²) >= 11 is 0. The van der Waals surface area contributed by atoms with Crippen molar-refractivity contribution in [2.45, 2.75) is 0 Å². The van der Waals surface area contributed by atoms with Crippen LogP contribution in [0.1, 0.15) is 0 Å². The van der Waals surface area contributed by atoms with Crippen molar-refractivity contribution in [1.29, 1.82) is 0 Å². The van der Waals surface area contributed by atoms with E-state index in [0.29, 0.717) is 0 Å². The number of hydrogen-bond donors (Lipinski definition) is 0. The molecule has 0 aliphatic heterocycles. The molecule has 3 heterocycles. The summed E-state index contributed by atoms with van der Waals surface area (Å²) in [6.07, 6.45) is 2.07. The van der Waals surface area contributed by atoms with Crippen LogP contribution in [0.4, 0.5) is 0 Å². The Kier molecular flexibility index (Phi) is 6.83. The maximum absolute atomic E-state index is 5.15. The Morgan fingerprint density at radius 2 is 0.935 bits per heavy atom. The van der Waals surface area contributed by atoms with Gasteiger partial charge in [0.15, 0.2) is 0 Å². The Morgan fingerprint density at radius 1 is 0.290 bits per heavy atom. The molecular formula is C59H35N3. The lowest BCUT2D eigenvalue weighted by molar-refractivity contribution is 1.18. The van der Waals surface area contributed by atoms with Gasteiger partial charge in [-0.25, -0.2) is 0 Å². The second-order valence-electron chi connectivity index (χ2n) is 16.7. The summed E-state index contributed by atoms with van der Waals surface area (Å²) < 4.78 is 4.82. The van der Waals surface area contributed by atoms with Crippen LogP contribution in [0.15, 0.2) is 212 Å². The van der Waals surface area contributed by atoms with E-state index in [2.05, 4.69) is 222 Å². The molecule has 13 aromatic rings. The number of fused-ring (bicyclic) bond motifs is 12. The van der Waals surface area contributed by atoms with E-state index in [1.807, 2.05) is 0 Å². The van der Waals surface area contributed by atoms with E-state index >= 15 is 0 Å². The van der Waals surface area contributed by atoms with Crippen LogP contribution in [-0.4, -0.2) is 14.1 Å². The number of benzene rings is 10. The summed E-state index contributed by atoms with van der Waals surface area (Å²) in [5.74, 6) is 0. The van der Waals surface area contributed by atoms with E-state index < -0.39 is 0 Å². The van der Waals surface area contributed by atoms with Gasteiger partial charge < -0.3 is 9.13 Å². The van der Waals surface area contributed by atoms with Gasteiger partial charge in [0, 0.05) is 61.0 Å². The van der Waals surface area contributed by atoms with Crippen molar-refractivity contribution in [2.24, 2.45) is 0 Å². The van der Waals surface area contributed by atoms with Crippen molar-refractivity contribution < 1.29 is 0 Å². The highest BCUT2D eigenvalue weighted by Gasteiger charge is 2.24. The molecule has 1 aliphatic rings. The molecule has 0 unspecified atom stereocenters. The van der Waals surface area contributed by atoms with Crippen molar-refractivity contribution in [3.63, 3.8) is 0 Å². The van der Waals surface area contributed by atoms with Crippen LogP contribution < -0.4 is 0 Å². The fourth-order valence-electron chi connectivity index (χ4n) is 10.7. The summed E-state index contributed by atoms with van der Waals surface area (Å²) in [6, 6.07) is 75.8. The monoisotopic (exact) mass is 785 g/mol. The minimum absolute atomic E-state index is 1.01. The Balaban J connectivity index is 0.890. The fourth-order valence-corrected chi connectivity index (χ4v) is 10.7. The lowest BCUT2D eigenvalue weighted by Crippen LogP contribution is -1.95. The van der Waals surface area contributed by atoms with E-state index in [-0.39, 0.29) is 0 Å². The zero-order valence-electron chi connectivity index (χ0n) is 33.5. The summed E-state index contributed by atoms with van der Waals surface area (Å²) in [6.45, 7) is 0. The minimum Gasteiger partial charge on any atom is -0.309 e. The van der Waals surface area contributed by atoms with E-state index in [9.17, 15) is 0 Å². The van der Waals surface area contributed by atoms with Crippen molar-refractivity contribution >= 4 is 75.9 Å². The quantitative estimate of drug-likeness (QED) is 0.174. The molecule has 3 heteroatoms. The van der Waals surface area contributed by atoms with Gasteiger partial charge in [-0.3, -0.25) is 4.98 Å². The first kappa shape index (κ1) is 33.5. The first-order chi connectivity index (χ1) is 30.7. The number of hydrogen-bond acceptors (Lipinski definition) is 1. The molecule has 1 aliphatic carbocycles. The van der Waals surface area contributed by atoms with Gasteiger partial charge in [-0.1, -0.05) is 140 Å². The molecule has 0 saturated heterocycles. The molecule has 0 fully saturated rings. The molecule has 62 heavy (non-hydrogen) atoms. The average Bonchev–Trinajstić information content (AvgIpc) is 3.97. The fraction of sp³-hybridized carbons (Fsp3) is 0. The van der Waals surface area contributed by atoms with Crippen LogP contribution in [0.5, 0.6) is 0 Å². The van der Waals surface area contributed by atoms with Gasteiger partial charge >= 0.3 is 0 Å². The highest BCUT2D eigenvalue weighted by molar-refractivity contribution is 6.22. The van der Waals surface area contributed by atoms with E-state index in [1.165, 1.54) is 115 Å². The highest BCUT2D eigenvalue weighted by atomic mass is 15.0. The first-order valence-electron chi connectivity index (χ1n) is 21.4. The largest absolute Gasteiger partial charge is 0.309 e. The predicted molar refractivity (Wildman–Crippen MR) is 261 cm³/mol. The van der Waals surface area contributed by atoms with E-state index in [4.69, 9.17) is 4.98 Å². The van der Waals surface area contributed by atoms with Crippen LogP contribution in [0, 0.1) is 0 Å². The molecule has 0 saturated carbocycles. The molecule has 0 amide bonds. The third-order valence-corrected chi connectivity index (χ3v) is 13.4. The smallest absolute Gasteiger partial charge is 0.0781 e. The molecule has 3 nitrogen and oxygen atoms in total. The number of aromatic nitrogens is 3. The zero-order valence-corrected chi connectivity index (χ0v) is 33.5. The second-order valence-corrected chi connectivity index (χ2v) is 16.7. The third kappa shape index (κ3) is 4.68. The average molecular weight is 786 g/mol. The van der Waals surface area contributed by atoms with Crippen LogP contribution in [0.3, 0.4) is 0 Å². The van der Waals surface area contributed by atoms with Crippen molar-refractivity contribution in [1.82, 2.24) is 14.1 Å². The number of para-hydroxylation sites is 3. The summed E-state index contributed by atoms with van der Waals surface area (Å²) in [5.41, 5.74) is 16.7. The van der Waals surface area contributed by atoms with Gasteiger partial charge in [0.2, 0.25) is 0 Å². The molecule has 0 N–H and O–H groups in total. The van der Waals surface area contributed by atoms with Gasteiger partial charge in [-0.2, -0.15) is 0 Å². The third-order valence-electron chi connectivity index (χ3n) is 13.4. The summed E-state index contributed by atoms with van der Waals surface area (Å²) in [4.78, 5) is 5.15. The van der Waals surface area contributed by atoms with Gasteiger partial charge in [-0.15, -0.1) is 0 Å². The van der Waals surface area contributed by atoms with Crippen LogP contribution in [0.2, 0.25) is 0 Å². The van der Waals surface area contributed by atoms with Crippen molar-refractivity contribution in [3.05, 3.63) is 212 Å². The van der Waals surface area contributed by atoms with Gasteiger partial charge in [0.1, 0.15) is 0 Å². The van der Waals surface area contributed by atoms with Crippen LogP contribution in [0.25, 0.3) is 132 Å². The molecule has 0 radical (unpaired) electrons. The molecule has 0 spiro atoms. The topological polar surface area (TPSA) is 22.8 Å². The molecular weight excluding hydrogens is 751 g/mol. The zero-order chi connectivity index (χ0) is 40.5. The molecule has 3 aromatic heterocycles. The first-order valence-corrected chi connectivity index (χ1v) is 21.4. The maximum Gasteiger partial charge on any atom is 0.0781 e.